The summed E-state index contributed by atoms with van der Waals surface area (Å²) in [5, 5.41) is 3.73. The second-order valence-electron chi connectivity index (χ2n) is 9.55. The summed E-state index contributed by atoms with van der Waals surface area (Å²) < 4.78 is 42.2. The highest BCUT2D eigenvalue weighted by atomic mass is 19.1. The first-order valence-corrected chi connectivity index (χ1v) is 12.7. The highest BCUT2D eigenvalue weighted by Crippen LogP contribution is 2.41. The summed E-state index contributed by atoms with van der Waals surface area (Å²) >= 11 is 0. The number of nitrogens with two attached hydrogens (primary N) is 1. The molecule has 0 saturated heterocycles. The summed E-state index contributed by atoms with van der Waals surface area (Å²) in [4.78, 5) is 18.0. The number of halogens is 2. The van der Waals surface area contributed by atoms with Crippen molar-refractivity contribution < 1.29 is 22.7 Å². The van der Waals surface area contributed by atoms with Gasteiger partial charge in [-0.2, -0.15) is 0 Å². The molecule has 0 radical (unpaired) electrons. The van der Waals surface area contributed by atoms with Crippen molar-refractivity contribution in [3.63, 3.8) is 0 Å². The molecule has 1 aliphatic heterocycles. The minimum absolute atomic E-state index is 0.188. The van der Waals surface area contributed by atoms with Gasteiger partial charge >= 0.3 is 0 Å². The van der Waals surface area contributed by atoms with Crippen LogP contribution in [0.15, 0.2) is 77.2 Å². The van der Waals surface area contributed by atoms with E-state index in [0.717, 1.165) is 16.8 Å². The van der Waals surface area contributed by atoms with E-state index in [9.17, 15) is 13.6 Å². The highest BCUT2D eigenvalue weighted by molar-refractivity contribution is 6.12. The number of hydrogen-bond donors (Lipinski definition) is 2. The molecule has 0 fully saturated rings. The zero-order valence-corrected chi connectivity index (χ0v) is 21.3. The summed E-state index contributed by atoms with van der Waals surface area (Å²) in [6, 6.07) is 19.8. The van der Waals surface area contributed by atoms with Crippen LogP contribution in [0.4, 0.5) is 8.78 Å². The van der Waals surface area contributed by atoms with Crippen LogP contribution in [0, 0.1) is 11.6 Å². The monoisotopic (exact) mass is 536 g/mol. The Labute approximate surface area is 226 Å². The number of hydrogen-bond acceptors (Lipinski definition) is 5. The standard InChI is InChI=1S/C31H22F2N4O3/c1-35-31(38)28-21-12-19(17(14-34)11-27(21)40-30(28)16-5-7-18(32)8-6-16)23-9-10-26-29(36-23)25-13-20-22(33)3-2-4-24(20)37(25)15-39-26/h2-13H,14-15,34H2,1H3,(H,35,38). The molecule has 7 rings (SSSR count). The molecule has 3 aromatic heterocycles. The first-order chi connectivity index (χ1) is 19.5. The third-order valence-electron chi connectivity index (χ3n) is 7.31. The van der Waals surface area contributed by atoms with Crippen molar-refractivity contribution in [2.75, 3.05) is 7.05 Å². The summed E-state index contributed by atoms with van der Waals surface area (Å²) in [5.74, 6) is -0.136. The molecule has 198 valence electrons. The smallest absolute Gasteiger partial charge is 0.255 e. The van der Waals surface area contributed by atoms with Crippen molar-refractivity contribution in [2.24, 2.45) is 5.73 Å². The third-order valence-corrected chi connectivity index (χ3v) is 7.31. The average Bonchev–Trinajstić information content (AvgIpc) is 3.55. The molecule has 0 saturated carbocycles. The molecule has 6 aromatic rings. The minimum Gasteiger partial charge on any atom is -0.470 e. The quantitative estimate of drug-likeness (QED) is 0.279. The van der Waals surface area contributed by atoms with Crippen LogP contribution in [0.25, 0.3) is 55.8 Å². The van der Waals surface area contributed by atoms with Gasteiger partial charge in [-0.05, 0) is 72.3 Å². The Hall–Kier alpha value is -5.02. The Morgan fingerprint density at radius 2 is 1.88 bits per heavy atom. The zero-order chi connectivity index (χ0) is 27.5. The van der Waals surface area contributed by atoms with Gasteiger partial charge in [0.1, 0.15) is 34.4 Å². The van der Waals surface area contributed by atoms with Crippen molar-refractivity contribution in [3.8, 4) is 39.7 Å². The Morgan fingerprint density at radius 1 is 1.05 bits per heavy atom. The Bertz CT molecular complexity index is 1980. The number of aromatic nitrogens is 2. The topological polar surface area (TPSA) is 95.3 Å². The fourth-order valence-corrected chi connectivity index (χ4v) is 5.36. The molecule has 0 spiro atoms. The van der Waals surface area contributed by atoms with Crippen LogP contribution < -0.4 is 15.8 Å². The number of benzene rings is 3. The molecule has 9 heteroatoms. The lowest BCUT2D eigenvalue weighted by atomic mass is 9.98. The van der Waals surface area contributed by atoms with Gasteiger partial charge in [0.2, 0.25) is 0 Å². The highest BCUT2D eigenvalue weighted by Gasteiger charge is 2.26. The fourth-order valence-electron chi connectivity index (χ4n) is 5.36. The van der Waals surface area contributed by atoms with Gasteiger partial charge in [-0.25, -0.2) is 13.8 Å². The van der Waals surface area contributed by atoms with E-state index in [-0.39, 0.29) is 25.0 Å². The van der Waals surface area contributed by atoms with E-state index in [0.29, 0.717) is 55.9 Å². The maximum Gasteiger partial charge on any atom is 0.255 e. The lowest BCUT2D eigenvalue weighted by Crippen LogP contribution is -2.18. The lowest BCUT2D eigenvalue weighted by molar-refractivity contribution is 0.0964. The van der Waals surface area contributed by atoms with E-state index in [2.05, 4.69) is 5.32 Å². The summed E-state index contributed by atoms with van der Waals surface area (Å²) in [6.07, 6.45) is 0. The summed E-state index contributed by atoms with van der Waals surface area (Å²) in [5.41, 5.74) is 11.6. The molecular weight excluding hydrogens is 514 g/mol. The molecule has 3 aromatic carbocycles. The predicted octanol–water partition coefficient (Wildman–Crippen LogP) is 6.23. The van der Waals surface area contributed by atoms with Gasteiger partial charge in [-0.1, -0.05) is 6.07 Å². The van der Waals surface area contributed by atoms with E-state index >= 15 is 0 Å². The number of nitrogens with one attached hydrogen (secondary N) is 1. The maximum atomic E-state index is 14.6. The third kappa shape index (κ3) is 3.59. The lowest BCUT2D eigenvalue weighted by Gasteiger charge is -2.21. The number of nitrogens with zero attached hydrogens (tertiary/aromatic N) is 2. The van der Waals surface area contributed by atoms with Crippen molar-refractivity contribution in [1.82, 2.24) is 14.9 Å². The molecule has 40 heavy (non-hydrogen) atoms. The van der Waals surface area contributed by atoms with E-state index in [1.54, 1.807) is 30.3 Å². The Kier molecular flexibility index (Phi) is 5.43. The number of pyridine rings is 1. The average molecular weight is 537 g/mol. The molecule has 3 N–H and O–H groups in total. The van der Waals surface area contributed by atoms with Crippen LogP contribution in [-0.2, 0) is 13.3 Å². The SMILES string of the molecule is CNC(=O)c1c(-c2ccc(F)cc2)oc2cc(CN)c(-c3ccc4c(n3)-c3cc5c(F)cccc5n3CO4)cc12. The number of amides is 1. The Morgan fingerprint density at radius 3 is 2.65 bits per heavy atom. The van der Waals surface area contributed by atoms with Gasteiger partial charge in [0.05, 0.1) is 22.5 Å². The molecule has 7 nitrogen and oxygen atoms in total. The second-order valence-corrected chi connectivity index (χ2v) is 9.55. The van der Waals surface area contributed by atoms with Crippen LogP contribution in [-0.4, -0.2) is 22.5 Å². The maximum absolute atomic E-state index is 14.6. The molecule has 0 atom stereocenters. The van der Waals surface area contributed by atoms with Crippen LogP contribution in [0.2, 0.25) is 0 Å². The molecule has 0 aliphatic carbocycles. The normalized spacial score (nSPS) is 12.3. The van der Waals surface area contributed by atoms with Crippen LogP contribution in [0.3, 0.4) is 0 Å². The van der Waals surface area contributed by atoms with E-state index in [4.69, 9.17) is 19.9 Å². The van der Waals surface area contributed by atoms with Crippen molar-refractivity contribution in [1.29, 1.82) is 0 Å². The number of fused-ring (bicyclic) bond motifs is 6. The largest absolute Gasteiger partial charge is 0.470 e. The molecule has 0 unspecified atom stereocenters. The van der Waals surface area contributed by atoms with Gasteiger partial charge in [0.15, 0.2) is 6.73 Å². The molecule has 4 heterocycles. The first kappa shape index (κ1) is 24.1. The van der Waals surface area contributed by atoms with Crippen LogP contribution >= 0.6 is 0 Å². The van der Waals surface area contributed by atoms with Gasteiger partial charge in [-0.3, -0.25) is 4.79 Å². The van der Waals surface area contributed by atoms with Gasteiger partial charge in [0.25, 0.3) is 5.91 Å². The van der Waals surface area contributed by atoms with Crippen LogP contribution in [0.1, 0.15) is 15.9 Å². The zero-order valence-electron chi connectivity index (χ0n) is 21.3. The molecule has 0 bridgehead atoms. The summed E-state index contributed by atoms with van der Waals surface area (Å²) in [6.45, 7) is 0.431. The van der Waals surface area contributed by atoms with Crippen molar-refractivity contribution >= 4 is 27.8 Å². The number of furan rings is 1. The fraction of sp³-hybridized carbons (Fsp3) is 0.0968. The van der Waals surface area contributed by atoms with E-state index in [1.165, 1.54) is 25.2 Å². The predicted molar refractivity (Wildman–Crippen MR) is 148 cm³/mol. The summed E-state index contributed by atoms with van der Waals surface area (Å²) in [7, 11) is 1.54. The Balaban J connectivity index is 1.43. The number of rotatable bonds is 4. The first-order valence-electron chi connectivity index (χ1n) is 12.7. The number of carbonyl (C=O) groups is 1. The van der Waals surface area contributed by atoms with Gasteiger partial charge in [0, 0.05) is 35.5 Å². The van der Waals surface area contributed by atoms with Gasteiger partial charge < -0.3 is 24.8 Å². The van der Waals surface area contributed by atoms with E-state index < -0.39 is 5.82 Å². The van der Waals surface area contributed by atoms with Crippen molar-refractivity contribution in [2.45, 2.75) is 13.3 Å². The molecule has 1 aliphatic rings. The minimum atomic E-state index is -0.390. The number of ether oxygens (including phenoxy) is 1. The van der Waals surface area contributed by atoms with Crippen LogP contribution in [0.5, 0.6) is 5.75 Å². The van der Waals surface area contributed by atoms with Crippen molar-refractivity contribution in [3.05, 3.63) is 95.6 Å². The molecule has 1 amide bonds. The van der Waals surface area contributed by atoms with E-state index in [1.807, 2.05) is 28.8 Å². The van der Waals surface area contributed by atoms with Gasteiger partial charge in [-0.15, -0.1) is 0 Å². The second kappa shape index (κ2) is 9.03. The number of carbonyl (C=O) groups excluding carboxylic acids is 1. The molecular formula is C31H22F2N4O3.